The van der Waals surface area contributed by atoms with Crippen molar-refractivity contribution in [3.8, 4) is 0 Å². The van der Waals surface area contributed by atoms with Gasteiger partial charge in [0.15, 0.2) is 0 Å². The summed E-state index contributed by atoms with van der Waals surface area (Å²) in [6.45, 7) is 2.80. The average molecular weight is 260 g/mol. The minimum atomic E-state index is -0.949. The Morgan fingerprint density at radius 1 is 1.59 bits per heavy atom. The maximum atomic E-state index is 11.8. The lowest BCUT2D eigenvalue weighted by molar-refractivity contribution is -0.142. The fourth-order valence-electron chi connectivity index (χ4n) is 1.67. The number of hydrogen-bond acceptors (Lipinski definition) is 4. The fourth-order valence-corrected chi connectivity index (χ4v) is 2.61. The van der Waals surface area contributed by atoms with Crippen molar-refractivity contribution in [3.05, 3.63) is 0 Å². The first-order valence-electron chi connectivity index (χ1n) is 5.99. The highest BCUT2D eigenvalue weighted by atomic mass is 32.2. The van der Waals surface area contributed by atoms with Crippen LogP contribution in [0.4, 0.5) is 0 Å². The monoisotopic (exact) mass is 260 g/mol. The number of carboxylic acids is 1. The van der Waals surface area contributed by atoms with Gasteiger partial charge in [0.2, 0.25) is 5.91 Å². The summed E-state index contributed by atoms with van der Waals surface area (Å²) in [5, 5.41) is 14.7. The van der Waals surface area contributed by atoms with Crippen LogP contribution >= 0.6 is 11.8 Å². The van der Waals surface area contributed by atoms with Crippen LogP contribution < -0.4 is 10.6 Å². The normalized spacial score (nSPS) is 21.8. The number of thioether (sulfide) groups is 1. The van der Waals surface area contributed by atoms with Gasteiger partial charge in [0.05, 0.1) is 6.04 Å². The van der Waals surface area contributed by atoms with Crippen LogP contribution in [0.25, 0.3) is 0 Å². The van der Waals surface area contributed by atoms with Gasteiger partial charge in [0, 0.05) is 18.1 Å². The van der Waals surface area contributed by atoms with Gasteiger partial charge >= 0.3 is 5.97 Å². The Labute approximate surface area is 106 Å². The molecular weight excluding hydrogens is 240 g/mol. The van der Waals surface area contributed by atoms with Crippen LogP contribution in [0.15, 0.2) is 0 Å². The summed E-state index contributed by atoms with van der Waals surface area (Å²) in [7, 11) is 0. The molecule has 1 rings (SSSR count). The second kappa shape index (κ2) is 7.55. The number of amides is 1. The smallest absolute Gasteiger partial charge is 0.326 e. The molecule has 1 heterocycles. The summed E-state index contributed by atoms with van der Waals surface area (Å²) in [5.41, 5.74) is 0. The van der Waals surface area contributed by atoms with Crippen LogP contribution in [0.2, 0.25) is 0 Å². The Morgan fingerprint density at radius 3 is 2.88 bits per heavy atom. The third-order valence-electron chi connectivity index (χ3n) is 2.70. The van der Waals surface area contributed by atoms with Gasteiger partial charge in [0.25, 0.3) is 0 Å². The minimum absolute atomic E-state index is 0.194. The van der Waals surface area contributed by atoms with Crippen molar-refractivity contribution < 1.29 is 14.7 Å². The van der Waals surface area contributed by atoms with E-state index in [1.54, 1.807) is 11.8 Å². The quantitative estimate of drug-likeness (QED) is 0.646. The van der Waals surface area contributed by atoms with E-state index in [9.17, 15) is 9.59 Å². The highest BCUT2D eigenvalue weighted by Crippen LogP contribution is 2.08. The zero-order valence-corrected chi connectivity index (χ0v) is 10.9. The summed E-state index contributed by atoms with van der Waals surface area (Å²) in [4.78, 5) is 22.8. The molecule has 0 aromatic carbocycles. The number of carbonyl (C=O) groups is 2. The first-order valence-corrected chi connectivity index (χ1v) is 7.15. The maximum Gasteiger partial charge on any atom is 0.326 e. The lowest BCUT2D eigenvalue weighted by Crippen LogP contribution is -2.53. The number of nitrogens with one attached hydrogen (secondary N) is 2. The van der Waals surface area contributed by atoms with E-state index in [0.717, 1.165) is 25.1 Å². The fraction of sp³-hybridized carbons (Fsp3) is 0.818. The molecule has 98 valence electrons. The second-order valence-electron chi connectivity index (χ2n) is 4.12. The Hall–Kier alpha value is -0.750. The van der Waals surface area contributed by atoms with Crippen molar-refractivity contribution in [3.63, 3.8) is 0 Å². The first kappa shape index (κ1) is 14.3. The largest absolute Gasteiger partial charge is 0.480 e. The van der Waals surface area contributed by atoms with Crippen LogP contribution in [0.3, 0.4) is 0 Å². The van der Waals surface area contributed by atoms with E-state index in [0.29, 0.717) is 12.2 Å². The number of rotatable bonds is 6. The molecule has 0 aromatic rings. The molecule has 0 saturated carbocycles. The van der Waals surface area contributed by atoms with E-state index in [4.69, 9.17) is 5.11 Å². The Bertz CT molecular complexity index is 267. The van der Waals surface area contributed by atoms with E-state index >= 15 is 0 Å². The Morgan fingerprint density at radius 2 is 2.35 bits per heavy atom. The predicted molar refractivity (Wildman–Crippen MR) is 68.2 cm³/mol. The van der Waals surface area contributed by atoms with Gasteiger partial charge in [0.1, 0.15) is 6.04 Å². The molecular formula is C11H20N2O3S. The molecule has 1 fully saturated rings. The Balaban J connectivity index is 2.42. The van der Waals surface area contributed by atoms with E-state index in [1.165, 1.54) is 0 Å². The molecule has 0 spiro atoms. The highest BCUT2D eigenvalue weighted by Gasteiger charge is 2.25. The molecule has 0 aromatic heterocycles. The molecule has 17 heavy (non-hydrogen) atoms. The van der Waals surface area contributed by atoms with Gasteiger partial charge < -0.3 is 15.7 Å². The van der Waals surface area contributed by atoms with Gasteiger partial charge in [-0.15, -0.1) is 0 Å². The average Bonchev–Trinajstić information content (AvgIpc) is 2.35. The summed E-state index contributed by atoms with van der Waals surface area (Å²) in [6.07, 6.45) is 2.23. The number of hydrogen-bond donors (Lipinski definition) is 3. The van der Waals surface area contributed by atoms with Gasteiger partial charge in [-0.1, -0.05) is 19.8 Å². The topological polar surface area (TPSA) is 78.4 Å². The van der Waals surface area contributed by atoms with E-state index < -0.39 is 12.0 Å². The summed E-state index contributed by atoms with van der Waals surface area (Å²) >= 11 is 1.71. The van der Waals surface area contributed by atoms with Crippen LogP contribution in [0.5, 0.6) is 0 Å². The maximum absolute atomic E-state index is 11.8. The minimum Gasteiger partial charge on any atom is -0.480 e. The lowest BCUT2D eigenvalue weighted by Gasteiger charge is -2.24. The molecule has 3 N–H and O–H groups in total. The van der Waals surface area contributed by atoms with Crippen LogP contribution in [-0.4, -0.2) is 47.1 Å². The first-order chi connectivity index (χ1) is 8.15. The zero-order valence-electron chi connectivity index (χ0n) is 10.1. The van der Waals surface area contributed by atoms with Crippen molar-refractivity contribution in [1.29, 1.82) is 0 Å². The Kier molecular flexibility index (Phi) is 6.36. The van der Waals surface area contributed by atoms with Crippen molar-refractivity contribution in [1.82, 2.24) is 10.6 Å². The SMILES string of the molecule is CCCCC(NC(=O)C1CSCCN1)C(=O)O. The summed E-state index contributed by atoms with van der Waals surface area (Å²) < 4.78 is 0. The van der Waals surface area contributed by atoms with E-state index in [-0.39, 0.29) is 11.9 Å². The second-order valence-corrected chi connectivity index (χ2v) is 5.27. The standard InChI is InChI=1S/C11H20N2O3S/c1-2-3-4-8(11(15)16)13-10(14)9-7-17-6-5-12-9/h8-9,12H,2-7H2,1H3,(H,13,14)(H,15,16). The van der Waals surface area contributed by atoms with E-state index in [2.05, 4.69) is 10.6 Å². The molecule has 2 atom stereocenters. The van der Waals surface area contributed by atoms with Crippen molar-refractivity contribution in [2.24, 2.45) is 0 Å². The zero-order chi connectivity index (χ0) is 12.7. The third kappa shape index (κ3) is 4.95. The van der Waals surface area contributed by atoms with Gasteiger partial charge in [-0.2, -0.15) is 11.8 Å². The number of unbranched alkanes of at least 4 members (excludes halogenated alkanes) is 1. The molecule has 5 nitrogen and oxygen atoms in total. The van der Waals surface area contributed by atoms with Crippen LogP contribution in [0.1, 0.15) is 26.2 Å². The molecule has 2 unspecified atom stereocenters. The molecule has 1 amide bonds. The molecule has 0 radical (unpaired) electrons. The number of carboxylic acid groups (broad SMARTS) is 1. The molecule has 1 aliphatic heterocycles. The number of carbonyl (C=O) groups excluding carboxylic acids is 1. The van der Waals surface area contributed by atoms with Gasteiger partial charge in [-0.25, -0.2) is 4.79 Å². The van der Waals surface area contributed by atoms with Crippen molar-refractivity contribution in [2.75, 3.05) is 18.1 Å². The third-order valence-corrected chi connectivity index (χ3v) is 3.76. The van der Waals surface area contributed by atoms with Crippen LogP contribution in [0, 0.1) is 0 Å². The predicted octanol–water partition coefficient (Wildman–Crippen LogP) is 0.451. The number of aliphatic carboxylic acids is 1. The van der Waals surface area contributed by atoms with E-state index in [1.807, 2.05) is 6.92 Å². The highest BCUT2D eigenvalue weighted by molar-refractivity contribution is 7.99. The molecule has 6 heteroatoms. The van der Waals surface area contributed by atoms with Crippen LogP contribution in [-0.2, 0) is 9.59 Å². The molecule has 1 aliphatic rings. The summed E-state index contributed by atoms with van der Waals surface area (Å²) in [6, 6.07) is -1.01. The van der Waals surface area contributed by atoms with Gasteiger partial charge in [-0.05, 0) is 6.42 Å². The summed E-state index contributed by atoms with van der Waals surface area (Å²) in [5.74, 6) is 0.574. The van der Waals surface area contributed by atoms with Gasteiger partial charge in [-0.3, -0.25) is 4.79 Å². The molecule has 0 bridgehead atoms. The molecule has 1 saturated heterocycles. The van der Waals surface area contributed by atoms with Crippen molar-refractivity contribution in [2.45, 2.75) is 38.3 Å². The van der Waals surface area contributed by atoms with Crippen molar-refractivity contribution >= 4 is 23.6 Å². The lowest BCUT2D eigenvalue weighted by atomic mass is 10.1. The molecule has 0 aliphatic carbocycles.